The molecule has 3 aromatic carbocycles. The van der Waals surface area contributed by atoms with Gasteiger partial charge < -0.3 is 20.1 Å². The van der Waals surface area contributed by atoms with Crippen LogP contribution in [-0.2, 0) is 11.3 Å². The zero-order valence-corrected chi connectivity index (χ0v) is 19.7. The molecule has 0 spiro atoms. The van der Waals surface area contributed by atoms with E-state index in [1.807, 2.05) is 44.2 Å². The maximum Gasteiger partial charge on any atom is 0.262 e. The van der Waals surface area contributed by atoms with Crippen molar-refractivity contribution in [2.45, 2.75) is 34.2 Å². The molecular weight excluding hydrogens is 424 g/mol. The number of anilines is 2. The number of amides is 1. The Labute approximate surface area is 194 Å². The van der Waals surface area contributed by atoms with E-state index in [4.69, 9.17) is 21.1 Å². The minimum atomic E-state index is -0.271. The van der Waals surface area contributed by atoms with Gasteiger partial charge in [0.05, 0.1) is 6.61 Å². The van der Waals surface area contributed by atoms with E-state index in [0.717, 1.165) is 16.8 Å². The molecule has 0 fully saturated rings. The average molecular weight is 453 g/mol. The predicted molar refractivity (Wildman–Crippen MR) is 131 cm³/mol. The molecule has 0 atom stereocenters. The summed E-state index contributed by atoms with van der Waals surface area (Å²) in [4.78, 5) is 12.3. The van der Waals surface area contributed by atoms with Crippen LogP contribution in [0.5, 0.6) is 11.5 Å². The van der Waals surface area contributed by atoms with Crippen molar-refractivity contribution in [3.05, 3.63) is 81.9 Å². The second-order valence-electron chi connectivity index (χ2n) is 7.67. The third-order valence-corrected chi connectivity index (χ3v) is 5.53. The van der Waals surface area contributed by atoms with Crippen LogP contribution < -0.4 is 20.1 Å². The first-order chi connectivity index (χ1) is 15.4. The highest BCUT2D eigenvalue weighted by Crippen LogP contribution is 2.29. The van der Waals surface area contributed by atoms with Gasteiger partial charge in [0.15, 0.2) is 18.1 Å². The number of halogens is 1. The van der Waals surface area contributed by atoms with E-state index in [1.165, 1.54) is 11.1 Å². The number of benzene rings is 3. The molecule has 0 heterocycles. The fourth-order valence-corrected chi connectivity index (χ4v) is 3.30. The van der Waals surface area contributed by atoms with E-state index < -0.39 is 0 Å². The van der Waals surface area contributed by atoms with Gasteiger partial charge in [0.2, 0.25) is 0 Å². The summed E-state index contributed by atoms with van der Waals surface area (Å²) in [7, 11) is 0. The first-order valence-corrected chi connectivity index (χ1v) is 11.0. The van der Waals surface area contributed by atoms with Crippen molar-refractivity contribution in [3.63, 3.8) is 0 Å². The van der Waals surface area contributed by atoms with Crippen LogP contribution in [-0.4, -0.2) is 19.1 Å². The summed E-state index contributed by atoms with van der Waals surface area (Å²) in [5.41, 5.74) is 6.23. The number of carbonyl (C=O) groups excluding carboxylic acids is 1. The molecule has 32 heavy (non-hydrogen) atoms. The Hall–Kier alpha value is -3.18. The lowest BCUT2D eigenvalue weighted by molar-refractivity contribution is -0.118. The Morgan fingerprint density at radius 2 is 1.59 bits per heavy atom. The molecule has 0 unspecified atom stereocenters. The van der Waals surface area contributed by atoms with Crippen molar-refractivity contribution in [2.24, 2.45) is 0 Å². The lowest BCUT2D eigenvalue weighted by Crippen LogP contribution is -2.20. The Kier molecular flexibility index (Phi) is 8.01. The fourth-order valence-electron chi connectivity index (χ4n) is 3.12. The third-order valence-electron chi connectivity index (χ3n) is 5.13. The van der Waals surface area contributed by atoms with E-state index in [2.05, 4.69) is 42.7 Å². The monoisotopic (exact) mass is 452 g/mol. The van der Waals surface area contributed by atoms with Gasteiger partial charge in [-0.05, 0) is 86.3 Å². The summed E-state index contributed by atoms with van der Waals surface area (Å²) in [6, 6.07) is 17.4. The summed E-state index contributed by atoms with van der Waals surface area (Å²) < 4.78 is 11.5. The Balaban J connectivity index is 1.61. The SMILES string of the molecule is CCOc1cc(CNc2ccc(C)c(C)c2)ccc1OCC(=O)Nc1ccc(C)c(Cl)c1. The van der Waals surface area contributed by atoms with Crippen molar-refractivity contribution in [1.29, 1.82) is 0 Å². The predicted octanol–water partition coefficient (Wildman–Crippen LogP) is 6.29. The normalized spacial score (nSPS) is 10.5. The summed E-state index contributed by atoms with van der Waals surface area (Å²) >= 11 is 6.12. The molecule has 0 aliphatic carbocycles. The largest absolute Gasteiger partial charge is 0.490 e. The van der Waals surface area contributed by atoms with Gasteiger partial charge in [0.25, 0.3) is 5.91 Å². The number of rotatable bonds is 9. The van der Waals surface area contributed by atoms with Crippen LogP contribution in [0.25, 0.3) is 0 Å². The zero-order chi connectivity index (χ0) is 23.1. The van der Waals surface area contributed by atoms with E-state index in [-0.39, 0.29) is 12.5 Å². The molecule has 0 radical (unpaired) electrons. The van der Waals surface area contributed by atoms with Gasteiger partial charge in [-0.3, -0.25) is 4.79 Å². The molecule has 0 aliphatic heterocycles. The minimum Gasteiger partial charge on any atom is -0.490 e. The van der Waals surface area contributed by atoms with Gasteiger partial charge in [-0.25, -0.2) is 0 Å². The number of hydrogen-bond acceptors (Lipinski definition) is 4. The highest BCUT2D eigenvalue weighted by molar-refractivity contribution is 6.31. The van der Waals surface area contributed by atoms with Crippen LogP contribution in [0.2, 0.25) is 5.02 Å². The summed E-state index contributed by atoms with van der Waals surface area (Å²) in [6.07, 6.45) is 0. The fraction of sp³-hybridized carbons (Fsp3) is 0.269. The maximum atomic E-state index is 12.3. The molecule has 6 heteroatoms. The van der Waals surface area contributed by atoms with E-state index in [1.54, 1.807) is 6.07 Å². The van der Waals surface area contributed by atoms with Crippen LogP contribution in [0.15, 0.2) is 54.6 Å². The first-order valence-electron chi connectivity index (χ1n) is 10.6. The molecular formula is C26H29ClN2O3. The minimum absolute atomic E-state index is 0.133. The lowest BCUT2D eigenvalue weighted by atomic mass is 10.1. The van der Waals surface area contributed by atoms with Crippen LogP contribution >= 0.6 is 11.6 Å². The molecule has 0 aliphatic rings. The molecule has 0 saturated carbocycles. The van der Waals surface area contributed by atoms with Crippen LogP contribution in [0.3, 0.4) is 0 Å². The highest BCUT2D eigenvalue weighted by atomic mass is 35.5. The van der Waals surface area contributed by atoms with Crippen molar-refractivity contribution in [3.8, 4) is 11.5 Å². The number of hydrogen-bond donors (Lipinski definition) is 2. The second-order valence-corrected chi connectivity index (χ2v) is 8.07. The number of aryl methyl sites for hydroxylation is 3. The van der Waals surface area contributed by atoms with E-state index >= 15 is 0 Å². The topological polar surface area (TPSA) is 59.6 Å². The number of nitrogens with one attached hydrogen (secondary N) is 2. The highest BCUT2D eigenvalue weighted by Gasteiger charge is 2.10. The zero-order valence-electron chi connectivity index (χ0n) is 18.9. The van der Waals surface area contributed by atoms with Crippen molar-refractivity contribution in [1.82, 2.24) is 0 Å². The molecule has 5 nitrogen and oxygen atoms in total. The van der Waals surface area contributed by atoms with Crippen LogP contribution in [0.1, 0.15) is 29.2 Å². The second kappa shape index (κ2) is 10.9. The molecule has 0 bridgehead atoms. The number of carbonyl (C=O) groups is 1. The van der Waals surface area contributed by atoms with Gasteiger partial charge >= 0.3 is 0 Å². The molecule has 0 aromatic heterocycles. The molecule has 168 valence electrons. The van der Waals surface area contributed by atoms with Gasteiger partial charge in [-0.15, -0.1) is 0 Å². The summed E-state index contributed by atoms with van der Waals surface area (Å²) in [5, 5.41) is 6.83. The molecule has 2 N–H and O–H groups in total. The van der Waals surface area contributed by atoms with Gasteiger partial charge in [0.1, 0.15) is 0 Å². The van der Waals surface area contributed by atoms with E-state index in [0.29, 0.717) is 35.4 Å². The third kappa shape index (κ3) is 6.41. The Morgan fingerprint density at radius 3 is 2.31 bits per heavy atom. The van der Waals surface area contributed by atoms with Gasteiger partial charge in [-0.2, -0.15) is 0 Å². The molecule has 0 saturated heterocycles. The average Bonchev–Trinajstić information content (AvgIpc) is 2.76. The van der Waals surface area contributed by atoms with Crippen molar-refractivity contribution >= 4 is 28.9 Å². The number of ether oxygens (including phenoxy) is 2. The van der Waals surface area contributed by atoms with Crippen LogP contribution in [0, 0.1) is 20.8 Å². The Morgan fingerprint density at radius 1 is 0.844 bits per heavy atom. The summed E-state index contributed by atoms with van der Waals surface area (Å²) in [6.45, 7) is 9.04. The maximum absolute atomic E-state index is 12.3. The van der Waals surface area contributed by atoms with Gasteiger partial charge in [-0.1, -0.05) is 29.8 Å². The lowest BCUT2D eigenvalue weighted by Gasteiger charge is -2.14. The molecule has 3 aromatic rings. The molecule has 1 amide bonds. The van der Waals surface area contributed by atoms with Crippen molar-refractivity contribution < 1.29 is 14.3 Å². The molecule has 3 rings (SSSR count). The smallest absolute Gasteiger partial charge is 0.262 e. The van der Waals surface area contributed by atoms with E-state index in [9.17, 15) is 4.79 Å². The van der Waals surface area contributed by atoms with Gasteiger partial charge in [0, 0.05) is 22.9 Å². The quantitative estimate of drug-likeness (QED) is 0.400. The van der Waals surface area contributed by atoms with Crippen LogP contribution in [0.4, 0.5) is 11.4 Å². The Bertz CT molecular complexity index is 1100. The van der Waals surface area contributed by atoms with Crippen molar-refractivity contribution in [2.75, 3.05) is 23.8 Å². The first kappa shape index (κ1) is 23.5. The standard InChI is InChI=1S/C26H29ClN2O3/c1-5-31-25-13-20(15-28-21-9-6-17(2)19(4)12-21)8-11-24(25)32-16-26(30)29-22-10-7-18(3)23(27)14-22/h6-14,28H,5,15-16H2,1-4H3,(H,29,30). The summed E-state index contributed by atoms with van der Waals surface area (Å²) in [5.74, 6) is 0.866.